The molecule has 0 radical (unpaired) electrons. The highest BCUT2D eigenvalue weighted by atomic mass is 19.4. The average molecular weight is 592 g/mol. The maximum absolute atomic E-state index is 14.1. The molecule has 8 nitrogen and oxygen atoms in total. The van der Waals surface area contributed by atoms with E-state index in [0.29, 0.717) is 28.5 Å². The van der Waals surface area contributed by atoms with E-state index < -0.39 is 17.3 Å². The van der Waals surface area contributed by atoms with Crippen LogP contribution in [0.4, 0.5) is 18.9 Å². The number of halogens is 3. The van der Waals surface area contributed by atoms with Crippen molar-refractivity contribution in [3.63, 3.8) is 0 Å². The third-order valence-electron chi connectivity index (χ3n) is 8.06. The molecule has 0 spiro atoms. The lowest BCUT2D eigenvalue weighted by Gasteiger charge is -2.40. The van der Waals surface area contributed by atoms with Crippen molar-refractivity contribution in [1.29, 1.82) is 0 Å². The zero-order valence-electron chi connectivity index (χ0n) is 23.8. The molecule has 224 valence electrons. The first kappa shape index (κ1) is 28.9. The van der Waals surface area contributed by atoms with Gasteiger partial charge in [0.05, 0.1) is 48.2 Å². The Morgan fingerprint density at radius 1 is 0.907 bits per heavy atom. The van der Waals surface area contributed by atoms with Crippen molar-refractivity contribution in [1.82, 2.24) is 19.4 Å². The number of rotatable bonds is 6. The average Bonchev–Trinajstić information content (AvgIpc) is 3.04. The summed E-state index contributed by atoms with van der Waals surface area (Å²) < 4.78 is 52.8. The first-order valence-corrected chi connectivity index (χ1v) is 14.3. The monoisotopic (exact) mass is 591 g/mol. The molecule has 2 fully saturated rings. The largest absolute Gasteiger partial charge is 0.481 e. The van der Waals surface area contributed by atoms with Crippen molar-refractivity contribution in [3.8, 4) is 11.6 Å². The van der Waals surface area contributed by atoms with Crippen molar-refractivity contribution in [2.75, 3.05) is 51.4 Å². The Hall–Kier alpha value is -4.22. The lowest BCUT2D eigenvalue weighted by molar-refractivity contribution is -0.137. The van der Waals surface area contributed by atoms with Gasteiger partial charge in [0.25, 0.3) is 5.56 Å². The number of morpholine rings is 1. The number of piperidine rings is 1. The topological polar surface area (TPSA) is 72.7 Å². The van der Waals surface area contributed by atoms with E-state index in [2.05, 4.69) is 14.8 Å². The molecule has 43 heavy (non-hydrogen) atoms. The summed E-state index contributed by atoms with van der Waals surface area (Å²) >= 11 is 0. The van der Waals surface area contributed by atoms with Crippen LogP contribution in [0, 0.1) is 0 Å². The summed E-state index contributed by atoms with van der Waals surface area (Å²) in [5, 5.41) is 0.335. The minimum Gasteiger partial charge on any atom is -0.481 e. The van der Waals surface area contributed by atoms with Gasteiger partial charge in [-0.15, -0.1) is 0 Å². The first-order valence-electron chi connectivity index (χ1n) is 14.3. The molecule has 0 amide bonds. The number of hydrogen-bond acceptors (Lipinski definition) is 7. The number of alkyl halides is 3. The number of benzene rings is 2. The number of nitrogens with zero attached hydrogens (tertiary/aromatic N) is 5. The molecule has 11 heteroatoms. The molecule has 2 aliphatic rings. The first-order chi connectivity index (χ1) is 20.8. The minimum absolute atomic E-state index is 0.0733. The second-order valence-corrected chi connectivity index (χ2v) is 10.7. The summed E-state index contributed by atoms with van der Waals surface area (Å²) in [6, 6.07) is 16.0. The van der Waals surface area contributed by atoms with Crippen LogP contribution in [-0.2, 0) is 10.9 Å². The van der Waals surface area contributed by atoms with Crippen molar-refractivity contribution >= 4 is 28.7 Å². The Labute approximate surface area is 247 Å². The van der Waals surface area contributed by atoms with Crippen LogP contribution in [0.2, 0.25) is 0 Å². The summed E-state index contributed by atoms with van der Waals surface area (Å²) in [7, 11) is 1.51. The third-order valence-corrected chi connectivity index (χ3v) is 8.06. The molecule has 0 saturated carbocycles. The fourth-order valence-electron chi connectivity index (χ4n) is 5.80. The van der Waals surface area contributed by atoms with Gasteiger partial charge in [0.1, 0.15) is 5.82 Å². The van der Waals surface area contributed by atoms with Gasteiger partial charge in [0, 0.05) is 44.0 Å². The van der Waals surface area contributed by atoms with Crippen LogP contribution in [0.1, 0.15) is 29.9 Å². The highest BCUT2D eigenvalue weighted by molar-refractivity contribution is 5.83. The molecule has 6 rings (SSSR count). The van der Waals surface area contributed by atoms with Crippen molar-refractivity contribution < 1.29 is 22.6 Å². The Kier molecular flexibility index (Phi) is 8.18. The molecular weight excluding hydrogens is 559 g/mol. The van der Waals surface area contributed by atoms with E-state index in [4.69, 9.17) is 14.5 Å². The number of hydrogen-bond donors (Lipinski definition) is 0. The van der Waals surface area contributed by atoms with Gasteiger partial charge in [0.15, 0.2) is 0 Å². The quantitative estimate of drug-likeness (QED) is 0.302. The summed E-state index contributed by atoms with van der Waals surface area (Å²) in [4.78, 5) is 27.9. The molecule has 2 saturated heterocycles. The van der Waals surface area contributed by atoms with E-state index in [1.807, 2.05) is 6.07 Å². The summed E-state index contributed by atoms with van der Waals surface area (Å²) in [6.45, 7) is 5.12. The maximum Gasteiger partial charge on any atom is 0.416 e. The van der Waals surface area contributed by atoms with E-state index in [-0.39, 0.29) is 11.5 Å². The van der Waals surface area contributed by atoms with Gasteiger partial charge >= 0.3 is 6.18 Å². The smallest absolute Gasteiger partial charge is 0.416 e. The number of ether oxygens (including phenoxy) is 2. The Morgan fingerprint density at radius 3 is 2.42 bits per heavy atom. The van der Waals surface area contributed by atoms with Crippen molar-refractivity contribution in [2.24, 2.45) is 0 Å². The maximum atomic E-state index is 14.1. The van der Waals surface area contributed by atoms with Gasteiger partial charge in [0.2, 0.25) is 5.88 Å². The van der Waals surface area contributed by atoms with E-state index in [0.717, 1.165) is 70.1 Å². The fraction of sp³-hybridized carbons (Fsp3) is 0.344. The Morgan fingerprint density at radius 2 is 1.67 bits per heavy atom. The number of fused-ring (bicyclic) bond motifs is 1. The predicted molar refractivity (Wildman–Crippen MR) is 160 cm³/mol. The molecule has 0 unspecified atom stereocenters. The normalized spacial score (nSPS) is 17.2. The van der Waals surface area contributed by atoms with Crippen molar-refractivity contribution in [2.45, 2.75) is 25.1 Å². The molecule has 0 N–H and O–H groups in total. The highest BCUT2D eigenvalue weighted by Gasteiger charge is 2.31. The number of methoxy groups -OCH3 is 1. The number of aromatic nitrogens is 3. The van der Waals surface area contributed by atoms with Crippen LogP contribution in [0.15, 0.2) is 65.5 Å². The van der Waals surface area contributed by atoms with Gasteiger partial charge in [-0.25, -0.2) is 9.97 Å². The van der Waals surface area contributed by atoms with Crippen LogP contribution in [-0.4, -0.2) is 72.0 Å². The number of anilines is 1. The van der Waals surface area contributed by atoms with Gasteiger partial charge < -0.3 is 14.4 Å². The van der Waals surface area contributed by atoms with E-state index >= 15 is 0 Å². The molecule has 4 heterocycles. The standard InChI is InChI=1S/C32H32F3N5O3/c1-42-30-7-3-5-23(36-30)8-11-29-37-28-10-9-25(38-14-12-24(13-15-38)39-16-18-43-19-17-39)21-27(28)31(41)40(29)26-6-2-4-22(20-26)32(33,34)35/h2-11,20-21,24H,12-19H2,1H3/b11-8+. The summed E-state index contributed by atoms with van der Waals surface area (Å²) in [5.41, 5.74) is 0.667. The van der Waals surface area contributed by atoms with Gasteiger partial charge in [-0.3, -0.25) is 14.3 Å². The second kappa shape index (κ2) is 12.2. The fourth-order valence-corrected chi connectivity index (χ4v) is 5.80. The molecular formula is C32H32F3N5O3. The lowest BCUT2D eigenvalue weighted by Crippen LogP contribution is -2.49. The van der Waals surface area contributed by atoms with Gasteiger partial charge in [-0.1, -0.05) is 12.1 Å². The van der Waals surface area contributed by atoms with E-state index in [9.17, 15) is 18.0 Å². The molecule has 0 atom stereocenters. The van der Waals surface area contributed by atoms with E-state index in [1.54, 1.807) is 42.5 Å². The van der Waals surface area contributed by atoms with Crippen molar-refractivity contribution in [3.05, 3.63) is 88.1 Å². The number of pyridine rings is 1. The Balaban J connectivity index is 1.38. The molecule has 2 aliphatic heterocycles. The molecule has 4 aromatic rings. The van der Waals surface area contributed by atoms with Gasteiger partial charge in [-0.2, -0.15) is 13.2 Å². The summed E-state index contributed by atoms with van der Waals surface area (Å²) in [6.07, 6.45) is 0.672. The van der Waals surface area contributed by atoms with Crippen LogP contribution < -0.4 is 15.2 Å². The van der Waals surface area contributed by atoms with Crippen LogP contribution in [0.25, 0.3) is 28.7 Å². The molecule has 0 bridgehead atoms. The van der Waals surface area contributed by atoms with Crippen LogP contribution >= 0.6 is 0 Å². The SMILES string of the molecule is COc1cccc(/C=C/c2nc3ccc(N4CCC(N5CCOCC5)CC4)cc3c(=O)n2-c2cccc(C(F)(F)F)c2)n1. The Bertz CT molecular complexity index is 1690. The van der Waals surface area contributed by atoms with Crippen LogP contribution in [0.3, 0.4) is 0 Å². The lowest BCUT2D eigenvalue weighted by atomic mass is 10.0. The molecule has 0 aliphatic carbocycles. The summed E-state index contributed by atoms with van der Waals surface area (Å²) in [5.74, 6) is 0.589. The van der Waals surface area contributed by atoms with Gasteiger partial charge in [-0.05, 0) is 67.5 Å². The minimum atomic E-state index is -4.56. The predicted octanol–water partition coefficient (Wildman–Crippen LogP) is 5.28. The van der Waals surface area contributed by atoms with Crippen LogP contribution in [0.5, 0.6) is 5.88 Å². The zero-order valence-corrected chi connectivity index (χ0v) is 23.8. The zero-order chi connectivity index (χ0) is 30.0. The molecule has 2 aromatic carbocycles. The molecule has 2 aromatic heterocycles. The second-order valence-electron chi connectivity index (χ2n) is 10.7. The third kappa shape index (κ3) is 6.28. The van der Waals surface area contributed by atoms with E-state index in [1.165, 1.54) is 23.8 Å². The highest BCUT2D eigenvalue weighted by Crippen LogP contribution is 2.31.